The molecule has 3 nitrogen and oxygen atoms in total. The molecule has 0 aliphatic rings. The smallest absolute Gasteiger partial charge is 0.264 e. The Morgan fingerprint density at radius 2 is 1.47 bits per heavy atom. The van der Waals surface area contributed by atoms with E-state index in [0.717, 1.165) is 22.6 Å². The first kappa shape index (κ1) is 21.8. The van der Waals surface area contributed by atoms with Crippen molar-refractivity contribution in [1.82, 2.24) is 4.90 Å². The number of hydrogen-bond acceptors (Lipinski definition) is 3. The van der Waals surface area contributed by atoms with Gasteiger partial charge in [-0.1, -0.05) is 78.9 Å². The quantitative estimate of drug-likeness (QED) is 0.292. The largest absolute Gasteiger partial charge is 0.497 e. The van der Waals surface area contributed by atoms with Crippen LogP contribution in [0.1, 0.15) is 38.7 Å². The van der Waals surface area contributed by atoms with Gasteiger partial charge in [0.05, 0.1) is 12.0 Å². The summed E-state index contributed by atoms with van der Waals surface area (Å²) in [6, 6.07) is 32.9. The van der Waals surface area contributed by atoms with Crippen LogP contribution >= 0.6 is 11.3 Å². The van der Waals surface area contributed by atoms with E-state index in [1.165, 1.54) is 22.5 Å². The minimum Gasteiger partial charge on any atom is -0.497 e. The van der Waals surface area contributed by atoms with Crippen molar-refractivity contribution in [2.45, 2.75) is 18.9 Å². The molecular weight excluding hydrogens is 414 g/mol. The van der Waals surface area contributed by atoms with E-state index in [-0.39, 0.29) is 11.8 Å². The summed E-state index contributed by atoms with van der Waals surface area (Å²) in [6.45, 7) is 1.23. The molecule has 0 aliphatic heterocycles. The zero-order valence-corrected chi connectivity index (χ0v) is 19.0. The second-order valence-electron chi connectivity index (χ2n) is 7.71. The standard InChI is InChI=1S/C28H27NO2S/c1-31-25-16-14-22(15-17-25)21-29(28(30)27-13-8-20-32-27)19-18-26(23-9-4-2-5-10-23)24-11-6-3-7-12-24/h2-17,20,26H,18-19,21H2,1H3. The maximum atomic E-state index is 13.3. The maximum Gasteiger partial charge on any atom is 0.264 e. The van der Waals surface area contributed by atoms with E-state index in [1.807, 2.05) is 58.8 Å². The zero-order chi connectivity index (χ0) is 22.2. The lowest BCUT2D eigenvalue weighted by Crippen LogP contribution is -2.32. The molecule has 0 bridgehead atoms. The Labute approximate surface area is 193 Å². The van der Waals surface area contributed by atoms with Gasteiger partial charge in [0.25, 0.3) is 5.91 Å². The third-order valence-electron chi connectivity index (χ3n) is 5.64. The van der Waals surface area contributed by atoms with Crippen LogP contribution < -0.4 is 4.74 Å². The van der Waals surface area contributed by atoms with Crippen molar-refractivity contribution in [2.24, 2.45) is 0 Å². The Kier molecular flexibility index (Phi) is 7.36. The van der Waals surface area contributed by atoms with Gasteiger partial charge in [-0.2, -0.15) is 0 Å². The van der Waals surface area contributed by atoms with E-state index in [2.05, 4.69) is 48.5 Å². The first-order chi connectivity index (χ1) is 15.7. The average molecular weight is 442 g/mol. The highest BCUT2D eigenvalue weighted by Gasteiger charge is 2.21. The number of rotatable bonds is 9. The fraction of sp³-hybridized carbons (Fsp3) is 0.179. The Balaban J connectivity index is 1.57. The Bertz CT molecular complexity index is 1050. The lowest BCUT2D eigenvalue weighted by atomic mass is 9.88. The van der Waals surface area contributed by atoms with Crippen LogP contribution in [-0.2, 0) is 6.54 Å². The minimum absolute atomic E-state index is 0.0793. The van der Waals surface area contributed by atoms with Crippen LogP contribution in [0.3, 0.4) is 0 Å². The minimum atomic E-state index is 0.0793. The first-order valence-corrected chi connectivity index (χ1v) is 11.7. The molecule has 0 spiro atoms. The number of methoxy groups -OCH3 is 1. The number of carbonyl (C=O) groups excluding carboxylic acids is 1. The van der Waals surface area contributed by atoms with Crippen LogP contribution in [0.2, 0.25) is 0 Å². The molecule has 32 heavy (non-hydrogen) atoms. The predicted octanol–water partition coefficient (Wildman–Crippen LogP) is 6.62. The van der Waals surface area contributed by atoms with Gasteiger partial charge in [0.1, 0.15) is 5.75 Å². The average Bonchev–Trinajstić information content (AvgIpc) is 3.40. The lowest BCUT2D eigenvalue weighted by Gasteiger charge is -2.26. The summed E-state index contributed by atoms with van der Waals surface area (Å²) < 4.78 is 5.28. The second-order valence-corrected chi connectivity index (χ2v) is 8.66. The van der Waals surface area contributed by atoms with Crippen molar-refractivity contribution in [2.75, 3.05) is 13.7 Å². The van der Waals surface area contributed by atoms with Crippen molar-refractivity contribution in [3.05, 3.63) is 124 Å². The number of nitrogens with zero attached hydrogens (tertiary/aromatic N) is 1. The number of hydrogen-bond donors (Lipinski definition) is 0. The van der Waals surface area contributed by atoms with Crippen LogP contribution in [0.4, 0.5) is 0 Å². The highest BCUT2D eigenvalue weighted by atomic mass is 32.1. The van der Waals surface area contributed by atoms with E-state index in [9.17, 15) is 4.79 Å². The summed E-state index contributed by atoms with van der Waals surface area (Å²) in [5.74, 6) is 1.13. The molecule has 4 rings (SSSR count). The number of carbonyl (C=O) groups is 1. The van der Waals surface area contributed by atoms with Gasteiger partial charge in [0, 0.05) is 19.0 Å². The van der Waals surface area contributed by atoms with E-state index >= 15 is 0 Å². The molecule has 0 saturated carbocycles. The summed E-state index contributed by atoms with van der Waals surface area (Å²) in [5.41, 5.74) is 3.63. The molecule has 0 saturated heterocycles. The van der Waals surface area contributed by atoms with Gasteiger partial charge < -0.3 is 9.64 Å². The fourth-order valence-corrected chi connectivity index (χ4v) is 4.63. The van der Waals surface area contributed by atoms with Gasteiger partial charge in [-0.25, -0.2) is 0 Å². The fourth-order valence-electron chi connectivity index (χ4n) is 3.94. The first-order valence-electron chi connectivity index (χ1n) is 10.8. The van der Waals surface area contributed by atoms with Crippen LogP contribution in [-0.4, -0.2) is 24.5 Å². The van der Waals surface area contributed by atoms with Crippen molar-refractivity contribution in [3.63, 3.8) is 0 Å². The summed E-state index contributed by atoms with van der Waals surface area (Å²) in [6.07, 6.45) is 0.849. The number of benzene rings is 3. The molecule has 4 heteroatoms. The summed E-state index contributed by atoms with van der Waals surface area (Å²) in [5, 5.41) is 1.95. The van der Waals surface area contributed by atoms with Gasteiger partial charge in [0.15, 0.2) is 0 Å². The molecule has 1 amide bonds. The summed E-state index contributed by atoms with van der Waals surface area (Å²) in [7, 11) is 1.66. The van der Waals surface area contributed by atoms with Crippen molar-refractivity contribution >= 4 is 17.2 Å². The Hall–Kier alpha value is -3.37. The third-order valence-corrected chi connectivity index (χ3v) is 6.50. The van der Waals surface area contributed by atoms with Crippen molar-refractivity contribution < 1.29 is 9.53 Å². The van der Waals surface area contributed by atoms with E-state index in [0.29, 0.717) is 13.1 Å². The van der Waals surface area contributed by atoms with E-state index in [1.54, 1.807) is 7.11 Å². The molecule has 0 aliphatic carbocycles. The summed E-state index contributed by atoms with van der Waals surface area (Å²) >= 11 is 1.49. The Morgan fingerprint density at radius 3 is 2.00 bits per heavy atom. The van der Waals surface area contributed by atoms with Gasteiger partial charge in [0.2, 0.25) is 0 Å². The van der Waals surface area contributed by atoms with Gasteiger partial charge >= 0.3 is 0 Å². The molecule has 0 atom stereocenters. The lowest BCUT2D eigenvalue weighted by molar-refractivity contribution is 0.0744. The predicted molar refractivity (Wildman–Crippen MR) is 131 cm³/mol. The molecule has 1 heterocycles. The summed E-state index contributed by atoms with van der Waals surface area (Å²) in [4.78, 5) is 16.1. The topological polar surface area (TPSA) is 29.5 Å². The molecule has 3 aromatic carbocycles. The molecule has 0 N–H and O–H groups in total. The van der Waals surface area contributed by atoms with E-state index < -0.39 is 0 Å². The molecule has 1 aromatic heterocycles. The Morgan fingerprint density at radius 1 is 0.844 bits per heavy atom. The van der Waals surface area contributed by atoms with Gasteiger partial charge in [-0.15, -0.1) is 11.3 Å². The number of thiophene rings is 1. The highest BCUT2D eigenvalue weighted by Crippen LogP contribution is 2.29. The third kappa shape index (κ3) is 5.45. The number of ether oxygens (including phenoxy) is 1. The molecular formula is C28H27NO2S. The van der Waals surface area contributed by atoms with Crippen molar-refractivity contribution in [3.8, 4) is 5.75 Å². The molecule has 0 fully saturated rings. The van der Waals surface area contributed by atoms with Crippen LogP contribution in [0.5, 0.6) is 5.75 Å². The monoisotopic (exact) mass is 441 g/mol. The van der Waals surface area contributed by atoms with Crippen molar-refractivity contribution in [1.29, 1.82) is 0 Å². The maximum absolute atomic E-state index is 13.3. The highest BCUT2D eigenvalue weighted by molar-refractivity contribution is 7.12. The van der Waals surface area contributed by atoms with Gasteiger partial charge in [-0.05, 0) is 46.7 Å². The molecule has 0 unspecified atom stereocenters. The van der Waals surface area contributed by atoms with Crippen LogP contribution in [0.25, 0.3) is 0 Å². The molecule has 162 valence electrons. The molecule has 0 radical (unpaired) electrons. The molecule has 4 aromatic rings. The van der Waals surface area contributed by atoms with E-state index in [4.69, 9.17) is 4.74 Å². The van der Waals surface area contributed by atoms with Crippen LogP contribution in [0.15, 0.2) is 102 Å². The van der Waals surface area contributed by atoms with Gasteiger partial charge in [-0.3, -0.25) is 4.79 Å². The normalized spacial score (nSPS) is 10.8. The zero-order valence-electron chi connectivity index (χ0n) is 18.2. The SMILES string of the molecule is COc1ccc(CN(CCC(c2ccccc2)c2ccccc2)C(=O)c2cccs2)cc1. The van der Waals surface area contributed by atoms with Crippen LogP contribution in [0, 0.1) is 0 Å². The second kappa shape index (κ2) is 10.8. The number of amides is 1.